The van der Waals surface area contributed by atoms with Gasteiger partial charge in [0.15, 0.2) is 11.2 Å². The fourth-order valence-corrected chi connectivity index (χ4v) is 1.08. The van der Waals surface area contributed by atoms with Crippen LogP contribution in [0.25, 0.3) is 11.2 Å². The predicted octanol–water partition coefficient (Wildman–Crippen LogP) is -1.19. The van der Waals surface area contributed by atoms with Crippen LogP contribution >= 0.6 is 0 Å². The number of fused-ring (bicyclic) bond motifs is 1. The standard InChI is InChI=1S/C7H5N5O2/c8-7-11-6(14)4-5(12(7)3-13)10-2-1-9-4/h1-3H,(H2,8,11,14). The van der Waals surface area contributed by atoms with E-state index in [9.17, 15) is 9.59 Å². The third-order valence-corrected chi connectivity index (χ3v) is 1.68. The van der Waals surface area contributed by atoms with Gasteiger partial charge < -0.3 is 5.73 Å². The van der Waals surface area contributed by atoms with Crippen molar-refractivity contribution < 1.29 is 4.79 Å². The van der Waals surface area contributed by atoms with Crippen molar-refractivity contribution in [2.24, 2.45) is 0 Å². The van der Waals surface area contributed by atoms with Crippen LogP contribution in [-0.2, 0) is 4.79 Å². The lowest BCUT2D eigenvalue weighted by Gasteiger charge is -2.02. The second-order valence-corrected chi connectivity index (χ2v) is 2.48. The van der Waals surface area contributed by atoms with Gasteiger partial charge in [0.05, 0.1) is 0 Å². The number of hydrogen-bond donors (Lipinski definition) is 1. The maximum atomic E-state index is 11.2. The largest absolute Gasteiger partial charge is 0.369 e. The summed E-state index contributed by atoms with van der Waals surface area (Å²) < 4.78 is 0.962. The second kappa shape index (κ2) is 2.87. The molecule has 0 fully saturated rings. The third-order valence-electron chi connectivity index (χ3n) is 1.68. The van der Waals surface area contributed by atoms with E-state index in [0.29, 0.717) is 6.41 Å². The Morgan fingerprint density at radius 1 is 1.36 bits per heavy atom. The van der Waals surface area contributed by atoms with Gasteiger partial charge in [0.2, 0.25) is 12.4 Å². The van der Waals surface area contributed by atoms with Crippen LogP contribution in [-0.4, -0.2) is 25.9 Å². The molecule has 0 saturated carbocycles. The van der Waals surface area contributed by atoms with Crippen LogP contribution in [0.5, 0.6) is 0 Å². The first-order valence-corrected chi connectivity index (χ1v) is 3.68. The van der Waals surface area contributed by atoms with E-state index in [4.69, 9.17) is 5.73 Å². The van der Waals surface area contributed by atoms with E-state index in [2.05, 4.69) is 15.0 Å². The number of aromatic nitrogens is 4. The molecule has 0 atom stereocenters. The number of carbonyl (C=O) groups is 1. The van der Waals surface area contributed by atoms with E-state index in [0.717, 1.165) is 4.57 Å². The quantitative estimate of drug-likeness (QED) is 0.568. The number of anilines is 1. The zero-order chi connectivity index (χ0) is 10.1. The first-order chi connectivity index (χ1) is 6.74. The fraction of sp³-hybridized carbons (Fsp3) is 0. The molecule has 70 valence electrons. The summed E-state index contributed by atoms with van der Waals surface area (Å²) in [6.45, 7) is 0. The Bertz CT molecular complexity index is 561. The minimum absolute atomic E-state index is 0.0220. The van der Waals surface area contributed by atoms with Crippen LogP contribution in [0.4, 0.5) is 5.95 Å². The summed E-state index contributed by atoms with van der Waals surface area (Å²) in [5.74, 6) is -0.196. The van der Waals surface area contributed by atoms with Crippen LogP contribution in [0.1, 0.15) is 0 Å². The Labute approximate surface area is 77.2 Å². The highest BCUT2D eigenvalue weighted by molar-refractivity contribution is 5.78. The normalized spacial score (nSPS) is 10.3. The lowest BCUT2D eigenvalue weighted by Crippen LogP contribution is -2.19. The average Bonchev–Trinajstić information content (AvgIpc) is 2.18. The molecule has 2 aromatic heterocycles. The molecule has 0 saturated heterocycles. The molecule has 2 N–H and O–H groups in total. The van der Waals surface area contributed by atoms with Gasteiger partial charge in [0.1, 0.15) is 0 Å². The summed E-state index contributed by atoms with van der Waals surface area (Å²) >= 11 is 0. The number of carbonyl (C=O) groups excluding carboxylic acids is 1. The molecular formula is C7H5N5O2. The molecule has 0 spiro atoms. The van der Waals surface area contributed by atoms with E-state index < -0.39 is 5.56 Å². The predicted molar refractivity (Wildman–Crippen MR) is 48.2 cm³/mol. The van der Waals surface area contributed by atoms with Crippen molar-refractivity contribution >= 4 is 23.5 Å². The highest BCUT2D eigenvalue weighted by Gasteiger charge is 2.08. The molecule has 7 heteroatoms. The van der Waals surface area contributed by atoms with Gasteiger partial charge in [-0.1, -0.05) is 0 Å². The minimum Gasteiger partial charge on any atom is -0.369 e. The smallest absolute Gasteiger partial charge is 0.302 e. The third kappa shape index (κ3) is 1.03. The monoisotopic (exact) mass is 191 g/mol. The Kier molecular flexibility index (Phi) is 1.70. The van der Waals surface area contributed by atoms with Crippen molar-refractivity contribution in [1.82, 2.24) is 19.5 Å². The van der Waals surface area contributed by atoms with E-state index in [-0.39, 0.29) is 17.1 Å². The molecule has 2 aromatic rings. The van der Waals surface area contributed by atoms with Gasteiger partial charge in [0, 0.05) is 12.4 Å². The molecule has 14 heavy (non-hydrogen) atoms. The molecule has 0 aliphatic heterocycles. The number of nitrogens with two attached hydrogens (primary N) is 1. The van der Waals surface area contributed by atoms with Crippen LogP contribution in [0.2, 0.25) is 0 Å². The molecule has 0 aliphatic rings. The van der Waals surface area contributed by atoms with E-state index in [1.807, 2.05) is 0 Å². The van der Waals surface area contributed by atoms with Crippen molar-refractivity contribution in [1.29, 1.82) is 0 Å². The molecule has 0 bridgehead atoms. The molecular weight excluding hydrogens is 186 g/mol. The Morgan fingerprint density at radius 3 is 2.79 bits per heavy atom. The highest BCUT2D eigenvalue weighted by atomic mass is 16.1. The average molecular weight is 191 g/mol. The van der Waals surface area contributed by atoms with Crippen LogP contribution < -0.4 is 11.3 Å². The first-order valence-electron chi connectivity index (χ1n) is 3.68. The lowest BCUT2D eigenvalue weighted by atomic mass is 10.5. The number of rotatable bonds is 1. The molecule has 0 radical (unpaired) electrons. The molecule has 0 amide bonds. The number of nitrogen functional groups attached to an aromatic ring is 1. The Morgan fingerprint density at radius 2 is 2.07 bits per heavy atom. The zero-order valence-electron chi connectivity index (χ0n) is 6.91. The van der Waals surface area contributed by atoms with E-state index in [1.54, 1.807) is 0 Å². The van der Waals surface area contributed by atoms with Crippen molar-refractivity contribution in [3.63, 3.8) is 0 Å². The zero-order valence-corrected chi connectivity index (χ0v) is 6.91. The molecule has 0 aromatic carbocycles. The van der Waals surface area contributed by atoms with Gasteiger partial charge in [-0.25, -0.2) is 14.5 Å². The topological polar surface area (TPSA) is 104 Å². The van der Waals surface area contributed by atoms with Crippen LogP contribution in [0.15, 0.2) is 17.2 Å². The summed E-state index contributed by atoms with van der Waals surface area (Å²) in [5.41, 5.74) is 4.89. The van der Waals surface area contributed by atoms with Gasteiger partial charge in [-0.05, 0) is 0 Å². The van der Waals surface area contributed by atoms with Crippen molar-refractivity contribution in [3.05, 3.63) is 22.7 Å². The summed E-state index contributed by atoms with van der Waals surface area (Å²) in [7, 11) is 0. The second-order valence-electron chi connectivity index (χ2n) is 2.48. The van der Waals surface area contributed by atoms with Gasteiger partial charge in [-0.15, -0.1) is 0 Å². The SMILES string of the molecule is Nc1nc(=O)c2nccnc2n1C=O. The first kappa shape index (κ1) is 8.30. The molecule has 0 aliphatic carbocycles. The van der Waals surface area contributed by atoms with E-state index >= 15 is 0 Å². The van der Waals surface area contributed by atoms with Crippen molar-refractivity contribution in [2.45, 2.75) is 0 Å². The number of nitrogens with zero attached hydrogens (tertiary/aromatic N) is 4. The molecule has 2 rings (SSSR count). The van der Waals surface area contributed by atoms with Crippen LogP contribution in [0, 0.1) is 0 Å². The lowest BCUT2D eigenvalue weighted by molar-refractivity contribution is 0.548. The molecule has 2 heterocycles. The summed E-state index contributed by atoms with van der Waals surface area (Å²) in [6.07, 6.45) is 3.14. The number of hydrogen-bond acceptors (Lipinski definition) is 6. The summed E-state index contributed by atoms with van der Waals surface area (Å²) in [5, 5.41) is 0. The van der Waals surface area contributed by atoms with Crippen molar-refractivity contribution in [2.75, 3.05) is 5.73 Å². The van der Waals surface area contributed by atoms with Gasteiger partial charge >= 0.3 is 5.56 Å². The van der Waals surface area contributed by atoms with Crippen molar-refractivity contribution in [3.8, 4) is 0 Å². The Hall–Kier alpha value is -2.31. The van der Waals surface area contributed by atoms with Gasteiger partial charge in [0.25, 0.3) is 0 Å². The molecule has 0 unspecified atom stereocenters. The van der Waals surface area contributed by atoms with Gasteiger partial charge in [-0.2, -0.15) is 4.98 Å². The summed E-state index contributed by atoms with van der Waals surface area (Å²) in [6, 6.07) is 0. The van der Waals surface area contributed by atoms with E-state index in [1.165, 1.54) is 12.4 Å². The minimum atomic E-state index is -0.594. The van der Waals surface area contributed by atoms with Gasteiger partial charge in [-0.3, -0.25) is 9.59 Å². The molecule has 7 nitrogen and oxygen atoms in total. The maximum Gasteiger partial charge on any atom is 0.302 e. The summed E-state index contributed by atoms with van der Waals surface area (Å²) in [4.78, 5) is 32.9. The maximum absolute atomic E-state index is 11.2. The highest BCUT2D eigenvalue weighted by Crippen LogP contribution is 2.03. The Balaban J connectivity index is 3.05. The van der Waals surface area contributed by atoms with Crippen LogP contribution in [0.3, 0.4) is 0 Å². The fourth-order valence-electron chi connectivity index (χ4n) is 1.08.